The fraction of sp³-hybridized carbons (Fsp3) is 0.412. The summed E-state index contributed by atoms with van der Waals surface area (Å²) in [4.78, 5) is 15.9. The van der Waals surface area contributed by atoms with Crippen molar-refractivity contribution >= 4 is 27.5 Å². The number of nitrogens with zero attached hydrogens (tertiary/aromatic N) is 3. The highest BCUT2D eigenvalue weighted by molar-refractivity contribution is 7.18. The van der Waals surface area contributed by atoms with Gasteiger partial charge in [0, 0.05) is 31.6 Å². The molecule has 7 heteroatoms. The summed E-state index contributed by atoms with van der Waals surface area (Å²) in [7, 11) is 0. The lowest BCUT2D eigenvalue weighted by Gasteiger charge is -2.16. The van der Waals surface area contributed by atoms with Gasteiger partial charge in [-0.2, -0.15) is 0 Å². The molecule has 0 saturated carbocycles. The van der Waals surface area contributed by atoms with Gasteiger partial charge in [-0.15, -0.1) is 0 Å². The highest BCUT2D eigenvalue weighted by atomic mass is 32.1. The van der Waals surface area contributed by atoms with Gasteiger partial charge in [0.15, 0.2) is 16.6 Å². The van der Waals surface area contributed by atoms with Crippen molar-refractivity contribution in [2.45, 2.75) is 20.3 Å². The van der Waals surface area contributed by atoms with Gasteiger partial charge in [0.1, 0.15) is 5.82 Å². The molecule has 126 valence electrons. The summed E-state index contributed by atoms with van der Waals surface area (Å²) in [5.74, 6) is 2.38. The normalized spacial score (nSPS) is 13.9. The smallest absolute Gasteiger partial charge is 0.185 e. The summed E-state index contributed by atoms with van der Waals surface area (Å²) < 4.78 is 11.5. The largest absolute Gasteiger partial charge is 0.489 e. The number of aromatic nitrogens is 3. The molecule has 0 bridgehead atoms. The molecule has 0 amide bonds. The summed E-state index contributed by atoms with van der Waals surface area (Å²) >= 11 is 1.65. The van der Waals surface area contributed by atoms with Crippen LogP contribution in [0.5, 0.6) is 11.5 Å². The Hall–Kier alpha value is -2.28. The first-order chi connectivity index (χ1) is 11.8. The number of imidazole rings is 1. The van der Waals surface area contributed by atoms with Crippen LogP contribution in [0.3, 0.4) is 0 Å². The van der Waals surface area contributed by atoms with E-state index in [1.54, 1.807) is 11.3 Å². The number of rotatable bonds is 4. The Balaban J connectivity index is 1.70. The SMILES string of the molecule is CCN(CC)c1ncc(-c2nc3cc4c(cc3[nH]2)OCCCO4)s1. The lowest BCUT2D eigenvalue weighted by atomic mass is 10.3. The zero-order valence-corrected chi connectivity index (χ0v) is 14.7. The van der Waals surface area contributed by atoms with Crippen LogP contribution in [0.25, 0.3) is 21.7 Å². The third-order valence-electron chi connectivity index (χ3n) is 4.11. The summed E-state index contributed by atoms with van der Waals surface area (Å²) in [6.45, 7) is 7.53. The van der Waals surface area contributed by atoms with Crippen LogP contribution in [0.15, 0.2) is 18.3 Å². The van der Waals surface area contributed by atoms with Crippen molar-refractivity contribution in [2.75, 3.05) is 31.2 Å². The number of benzene rings is 1. The zero-order chi connectivity index (χ0) is 16.5. The first-order valence-electron chi connectivity index (χ1n) is 8.29. The van der Waals surface area contributed by atoms with E-state index in [0.29, 0.717) is 13.2 Å². The number of hydrogen-bond donors (Lipinski definition) is 1. The van der Waals surface area contributed by atoms with E-state index in [1.165, 1.54) is 0 Å². The van der Waals surface area contributed by atoms with Crippen molar-refractivity contribution in [3.8, 4) is 22.2 Å². The summed E-state index contributed by atoms with van der Waals surface area (Å²) in [6.07, 6.45) is 2.78. The number of aromatic amines is 1. The molecule has 3 aromatic rings. The Morgan fingerprint density at radius 1 is 1.17 bits per heavy atom. The molecule has 24 heavy (non-hydrogen) atoms. The highest BCUT2D eigenvalue weighted by Gasteiger charge is 2.16. The monoisotopic (exact) mass is 344 g/mol. The van der Waals surface area contributed by atoms with Crippen molar-refractivity contribution in [3.05, 3.63) is 18.3 Å². The number of nitrogens with one attached hydrogen (secondary N) is 1. The molecule has 4 rings (SSSR count). The van der Waals surface area contributed by atoms with Gasteiger partial charge in [-0.25, -0.2) is 9.97 Å². The predicted molar refractivity (Wildman–Crippen MR) is 96.4 cm³/mol. The molecule has 0 saturated heterocycles. The van der Waals surface area contributed by atoms with Gasteiger partial charge in [0.2, 0.25) is 0 Å². The van der Waals surface area contributed by atoms with E-state index in [0.717, 1.165) is 57.9 Å². The molecule has 6 nitrogen and oxygen atoms in total. The van der Waals surface area contributed by atoms with Crippen LogP contribution >= 0.6 is 11.3 Å². The van der Waals surface area contributed by atoms with E-state index < -0.39 is 0 Å². The quantitative estimate of drug-likeness (QED) is 0.782. The van der Waals surface area contributed by atoms with Gasteiger partial charge < -0.3 is 19.4 Å². The molecule has 0 spiro atoms. The average Bonchev–Trinajstić information content (AvgIpc) is 3.16. The van der Waals surface area contributed by atoms with Gasteiger partial charge in [-0.3, -0.25) is 0 Å². The zero-order valence-electron chi connectivity index (χ0n) is 13.8. The second-order valence-corrected chi connectivity index (χ2v) is 6.64. The molecule has 0 radical (unpaired) electrons. The number of hydrogen-bond acceptors (Lipinski definition) is 6. The summed E-state index contributed by atoms with van der Waals surface area (Å²) in [5.41, 5.74) is 1.83. The molecule has 2 aromatic heterocycles. The van der Waals surface area contributed by atoms with Crippen LogP contribution in [0.4, 0.5) is 5.13 Å². The average molecular weight is 344 g/mol. The van der Waals surface area contributed by atoms with E-state index in [2.05, 4.69) is 28.7 Å². The standard InChI is InChI=1S/C17H20N4O2S/c1-3-21(4-2)17-18-10-15(24-17)16-19-11-8-13-14(9-12(11)20-16)23-7-5-6-22-13/h8-10H,3-7H2,1-2H3,(H,19,20). The lowest BCUT2D eigenvalue weighted by Crippen LogP contribution is -2.21. The van der Waals surface area contributed by atoms with Gasteiger partial charge in [0.25, 0.3) is 0 Å². The highest BCUT2D eigenvalue weighted by Crippen LogP contribution is 2.36. The molecule has 1 N–H and O–H groups in total. The van der Waals surface area contributed by atoms with E-state index in [9.17, 15) is 0 Å². The van der Waals surface area contributed by atoms with Crippen LogP contribution in [-0.2, 0) is 0 Å². The molecule has 1 aliphatic rings. The fourth-order valence-electron chi connectivity index (χ4n) is 2.80. The summed E-state index contributed by atoms with van der Waals surface area (Å²) in [6, 6.07) is 3.92. The minimum atomic E-state index is 0.678. The minimum absolute atomic E-state index is 0.678. The Kier molecular flexibility index (Phi) is 4.02. The number of H-pyrrole nitrogens is 1. The van der Waals surface area contributed by atoms with E-state index >= 15 is 0 Å². The Labute approximate surface area is 144 Å². The minimum Gasteiger partial charge on any atom is -0.489 e. The van der Waals surface area contributed by atoms with Gasteiger partial charge in [0.05, 0.1) is 35.3 Å². The van der Waals surface area contributed by atoms with Gasteiger partial charge in [-0.1, -0.05) is 11.3 Å². The van der Waals surface area contributed by atoms with Crippen molar-refractivity contribution in [1.29, 1.82) is 0 Å². The Morgan fingerprint density at radius 3 is 2.67 bits per heavy atom. The third kappa shape index (κ3) is 2.69. The maximum Gasteiger partial charge on any atom is 0.185 e. The first kappa shape index (κ1) is 15.3. The first-order valence-corrected chi connectivity index (χ1v) is 9.10. The molecule has 0 fully saturated rings. The molecule has 0 aliphatic carbocycles. The Bertz CT molecular complexity index is 811. The van der Waals surface area contributed by atoms with Crippen LogP contribution in [0, 0.1) is 0 Å². The second-order valence-electron chi connectivity index (χ2n) is 5.63. The van der Waals surface area contributed by atoms with Crippen LogP contribution in [-0.4, -0.2) is 41.3 Å². The molecule has 0 atom stereocenters. The summed E-state index contributed by atoms with van der Waals surface area (Å²) in [5, 5.41) is 1.03. The van der Waals surface area contributed by atoms with Crippen molar-refractivity contribution < 1.29 is 9.47 Å². The van der Waals surface area contributed by atoms with Crippen molar-refractivity contribution in [2.24, 2.45) is 0 Å². The number of thiazole rings is 1. The molecule has 1 aromatic carbocycles. The second kappa shape index (κ2) is 6.32. The maximum absolute atomic E-state index is 5.75. The molecule has 3 heterocycles. The number of ether oxygens (including phenoxy) is 2. The molecule has 0 unspecified atom stereocenters. The van der Waals surface area contributed by atoms with Crippen LogP contribution in [0.2, 0.25) is 0 Å². The van der Waals surface area contributed by atoms with Crippen molar-refractivity contribution in [3.63, 3.8) is 0 Å². The predicted octanol–water partition coefficient (Wildman–Crippen LogP) is 3.69. The van der Waals surface area contributed by atoms with Gasteiger partial charge >= 0.3 is 0 Å². The maximum atomic E-state index is 5.75. The number of anilines is 1. The fourth-order valence-corrected chi connectivity index (χ4v) is 3.79. The van der Waals surface area contributed by atoms with Crippen LogP contribution in [0.1, 0.15) is 20.3 Å². The van der Waals surface area contributed by atoms with Crippen molar-refractivity contribution in [1.82, 2.24) is 15.0 Å². The van der Waals surface area contributed by atoms with E-state index in [1.807, 2.05) is 18.3 Å². The number of fused-ring (bicyclic) bond motifs is 2. The van der Waals surface area contributed by atoms with E-state index in [-0.39, 0.29) is 0 Å². The van der Waals surface area contributed by atoms with E-state index in [4.69, 9.17) is 14.5 Å². The third-order valence-corrected chi connectivity index (χ3v) is 5.18. The Morgan fingerprint density at radius 2 is 1.92 bits per heavy atom. The topological polar surface area (TPSA) is 63.3 Å². The van der Waals surface area contributed by atoms with Crippen LogP contribution < -0.4 is 14.4 Å². The molecular weight excluding hydrogens is 324 g/mol. The lowest BCUT2D eigenvalue weighted by molar-refractivity contribution is 0.297. The molecular formula is C17H20N4O2S. The molecule has 1 aliphatic heterocycles. The van der Waals surface area contributed by atoms with Gasteiger partial charge in [-0.05, 0) is 13.8 Å².